The van der Waals surface area contributed by atoms with Crippen molar-refractivity contribution in [3.05, 3.63) is 63.7 Å². The molecule has 0 saturated carbocycles. The Balaban J connectivity index is 1.69. The van der Waals surface area contributed by atoms with Gasteiger partial charge in [0.25, 0.3) is 5.69 Å². The van der Waals surface area contributed by atoms with E-state index >= 15 is 0 Å². The van der Waals surface area contributed by atoms with Gasteiger partial charge in [-0.15, -0.1) is 11.3 Å². The summed E-state index contributed by atoms with van der Waals surface area (Å²) in [4.78, 5) is 14.9. The van der Waals surface area contributed by atoms with Crippen LogP contribution in [0.5, 0.6) is 0 Å². The fraction of sp³-hybridized carbons (Fsp3) is 0.235. The number of aromatic nitrogens is 1. The molecule has 0 radical (unpaired) electrons. The Labute approximate surface area is 154 Å². The van der Waals surface area contributed by atoms with E-state index in [0.29, 0.717) is 13.0 Å². The molecule has 0 spiro atoms. The van der Waals surface area contributed by atoms with Crippen molar-refractivity contribution in [2.45, 2.75) is 23.8 Å². The quantitative estimate of drug-likeness (QED) is 0.501. The number of para-hydroxylation sites is 1. The molecular formula is C17H15N3O4S2. The number of nitro benzene ring substituents is 1. The lowest BCUT2D eigenvalue weighted by Gasteiger charge is -2.22. The fourth-order valence-electron chi connectivity index (χ4n) is 3.18. The van der Waals surface area contributed by atoms with Crippen LogP contribution in [0.25, 0.3) is 10.2 Å². The average Bonchev–Trinajstić information content (AvgIpc) is 3.28. The molecule has 0 unspecified atom stereocenters. The minimum absolute atomic E-state index is 0.0658. The first kappa shape index (κ1) is 17.1. The van der Waals surface area contributed by atoms with Gasteiger partial charge in [-0.05, 0) is 37.1 Å². The van der Waals surface area contributed by atoms with Gasteiger partial charge in [-0.1, -0.05) is 12.1 Å². The van der Waals surface area contributed by atoms with Gasteiger partial charge in [0.15, 0.2) is 0 Å². The van der Waals surface area contributed by atoms with Gasteiger partial charge in [0.05, 0.1) is 26.1 Å². The summed E-state index contributed by atoms with van der Waals surface area (Å²) in [5.41, 5.74) is 0.736. The van der Waals surface area contributed by atoms with Gasteiger partial charge < -0.3 is 0 Å². The molecule has 1 aromatic heterocycles. The first-order valence-corrected chi connectivity index (χ1v) is 10.3. The summed E-state index contributed by atoms with van der Waals surface area (Å²) in [6.07, 6.45) is 1.47. The van der Waals surface area contributed by atoms with Gasteiger partial charge in [0, 0.05) is 18.7 Å². The Bertz CT molecular complexity index is 1040. The third-order valence-corrected chi connectivity index (χ3v) is 7.51. The minimum atomic E-state index is -3.74. The number of hydrogen-bond acceptors (Lipinski definition) is 6. The number of hydrogen-bond donors (Lipinski definition) is 0. The summed E-state index contributed by atoms with van der Waals surface area (Å²) < 4.78 is 28.6. The normalized spacial score (nSPS) is 18.4. The molecule has 0 amide bonds. The van der Waals surface area contributed by atoms with Crippen LogP contribution in [0.15, 0.2) is 53.4 Å². The molecule has 7 nitrogen and oxygen atoms in total. The third-order valence-electron chi connectivity index (χ3n) is 4.45. The second kappa shape index (κ2) is 6.42. The number of sulfonamides is 1. The average molecular weight is 389 g/mol. The second-order valence-corrected chi connectivity index (χ2v) is 9.00. The molecule has 2 aromatic carbocycles. The zero-order chi connectivity index (χ0) is 18.3. The first-order chi connectivity index (χ1) is 12.5. The summed E-state index contributed by atoms with van der Waals surface area (Å²) in [5.74, 6) is 0. The first-order valence-electron chi connectivity index (χ1n) is 8.08. The number of thiazole rings is 1. The minimum Gasteiger partial charge on any atom is -0.258 e. The molecule has 0 aliphatic carbocycles. The number of nitrogens with zero attached hydrogens (tertiary/aromatic N) is 3. The van der Waals surface area contributed by atoms with Crippen LogP contribution in [0, 0.1) is 10.1 Å². The molecule has 4 rings (SSSR count). The van der Waals surface area contributed by atoms with Crippen molar-refractivity contribution < 1.29 is 13.3 Å². The van der Waals surface area contributed by atoms with E-state index in [1.165, 1.54) is 39.9 Å². The van der Waals surface area contributed by atoms with Crippen molar-refractivity contribution in [1.82, 2.24) is 9.29 Å². The zero-order valence-corrected chi connectivity index (χ0v) is 15.2. The highest BCUT2D eigenvalue weighted by Gasteiger charge is 2.38. The van der Waals surface area contributed by atoms with Gasteiger partial charge in [0.1, 0.15) is 5.01 Å². The van der Waals surface area contributed by atoms with Gasteiger partial charge in [-0.2, -0.15) is 4.31 Å². The molecule has 1 atom stereocenters. The maximum absolute atomic E-state index is 13.0. The van der Waals surface area contributed by atoms with Crippen molar-refractivity contribution in [3.8, 4) is 0 Å². The van der Waals surface area contributed by atoms with E-state index in [0.717, 1.165) is 21.6 Å². The highest BCUT2D eigenvalue weighted by atomic mass is 32.2. The smallest absolute Gasteiger partial charge is 0.258 e. The molecule has 26 heavy (non-hydrogen) atoms. The standard InChI is InChI=1S/C17H15N3O4S2/c21-20(22)12-7-9-13(10-8-12)26(23,24)19-11-3-5-15(19)17-18-14-4-1-2-6-16(14)25-17/h1-2,4,6-10,15H,3,5,11H2/t15-/m0/s1. The molecule has 1 aliphatic heterocycles. The monoisotopic (exact) mass is 389 g/mol. The van der Waals surface area contributed by atoms with Crippen molar-refractivity contribution in [2.24, 2.45) is 0 Å². The number of nitro groups is 1. The molecule has 1 fully saturated rings. The van der Waals surface area contributed by atoms with Crippen LogP contribution in [-0.4, -0.2) is 29.2 Å². The molecule has 0 bridgehead atoms. The molecule has 0 N–H and O–H groups in total. The summed E-state index contributed by atoms with van der Waals surface area (Å²) in [7, 11) is -3.74. The van der Waals surface area contributed by atoms with Crippen LogP contribution in [0.4, 0.5) is 5.69 Å². The van der Waals surface area contributed by atoms with E-state index in [1.54, 1.807) is 0 Å². The van der Waals surface area contributed by atoms with Gasteiger partial charge in [0.2, 0.25) is 10.0 Å². The highest BCUT2D eigenvalue weighted by molar-refractivity contribution is 7.89. The van der Waals surface area contributed by atoms with Gasteiger partial charge in [-0.25, -0.2) is 13.4 Å². The van der Waals surface area contributed by atoms with E-state index in [2.05, 4.69) is 4.98 Å². The Kier molecular flexibility index (Phi) is 4.22. The molecule has 1 aliphatic rings. The molecule has 1 saturated heterocycles. The molecular weight excluding hydrogens is 374 g/mol. The number of non-ortho nitro benzene ring substituents is 1. The SMILES string of the molecule is O=[N+]([O-])c1ccc(S(=O)(=O)N2CCC[C@H]2c2nc3ccccc3s2)cc1. The summed E-state index contributed by atoms with van der Waals surface area (Å²) in [6.45, 7) is 0.417. The molecule has 2 heterocycles. The van der Waals surface area contributed by atoms with E-state index in [-0.39, 0.29) is 16.6 Å². The molecule has 9 heteroatoms. The molecule has 134 valence electrons. The summed E-state index contributed by atoms with van der Waals surface area (Å²) >= 11 is 1.51. The zero-order valence-electron chi connectivity index (χ0n) is 13.6. The number of rotatable bonds is 4. The Morgan fingerprint density at radius 1 is 1.15 bits per heavy atom. The van der Waals surface area contributed by atoms with E-state index < -0.39 is 14.9 Å². The van der Waals surface area contributed by atoms with Crippen LogP contribution in [0.3, 0.4) is 0 Å². The van der Waals surface area contributed by atoms with Crippen molar-refractivity contribution in [3.63, 3.8) is 0 Å². The largest absolute Gasteiger partial charge is 0.269 e. The van der Waals surface area contributed by atoms with Gasteiger partial charge in [-0.3, -0.25) is 10.1 Å². The lowest BCUT2D eigenvalue weighted by atomic mass is 10.2. The predicted octanol–water partition coefficient (Wildman–Crippen LogP) is 3.73. The number of fused-ring (bicyclic) bond motifs is 1. The highest BCUT2D eigenvalue weighted by Crippen LogP contribution is 2.39. The van der Waals surface area contributed by atoms with Crippen LogP contribution < -0.4 is 0 Å². The van der Waals surface area contributed by atoms with Crippen molar-refractivity contribution in [1.29, 1.82) is 0 Å². The number of benzene rings is 2. The van der Waals surface area contributed by atoms with Crippen LogP contribution in [0.1, 0.15) is 23.9 Å². The van der Waals surface area contributed by atoms with E-state index in [1.807, 2.05) is 24.3 Å². The second-order valence-electron chi connectivity index (χ2n) is 6.04. The van der Waals surface area contributed by atoms with Crippen molar-refractivity contribution in [2.75, 3.05) is 6.54 Å². The lowest BCUT2D eigenvalue weighted by molar-refractivity contribution is -0.384. The van der Waals surface area contributed by atoms with E-state index in [9.17, 15) is 18.5 Å². The van der Waals surface area contributed by atoms with Crippen molar-refractivity contribution >= 4 is 37.3 Å². The van der Waals surface area contributed by atoms with Crippen LogP contribution in [0.2, 0.25) is 0 Å². The van der Waals surface area contributed by atoms with Crippen LogP contribution in [-0.2, 0) is 10.0 Å². The lowest BCUT2D eigenvalue weighted by Crippen LogP contribution is -2.30. The topological polar surface area (TPSA) is 93.4 Å². The third kappa shape index (κ3) is 2.87. The van der Waals surface area contributed by atoms with E-state index in [4.69, 9.17) is 0 Å². The maximum Gasteiger partial charge on any atom is 0.269 e. The Morgan fingerprint density at radius 3 is 2.58 bits per heavy atom. The Morgan fingerprint density at radius 2 is 1.88 bits per heavy atom. The Hall–Kier alpha value is -2.36. The summed E-state index contributed by atoms with van der Waals surface area (Å²) in [6, 6.07) is 12.5. The molecule has 3 aromatic rings. The predicted molar refractivity (Wildman–Crippen MR) is 98.6 cm³/mol. The van der Waals surface area contributed by atoms with Gasteiger partial charge >= 0.3 is 0 Å². The fourth-order valence-corrected chi connectivity index (χ4v) is 6.02. The maximum atomic E-state index is 13.0. The summed E-state index contributed by atoms with van der Waals surface area (Å²) in [5, 5.41) is 11.6. The van der Waals surface area contributed by atoms with Crippen LogP contribution >= 0.6 is 11.3 Å².